The molecule has 2 aromatic carbocycles. The fourth-order valence-corrected chi connectivity index (χ4v) is 6.03. The van der Waals surface area contributed by atoms with Crippen molar-refractivity contribution in [2.45, 2.75) is 51.1 Å². The summed E-state index contributed by atoms with van der Waals surface area (Å²) in [5.74, 6) is 0.280. The molecule has 35 heavy (non-hydrogen) atoms. The summed E-state index contributed by atoms with van der Waals surface area (Å²) in [6, 6.07) is 17.0. The van der Waals surface area contributed by atoms with Crippen LogP contribution in [0.2, 0.25) is 5.02 Å². The molecule has 2 aliphatic rings. The molecule has 0 atom stereocenters. The molecule has 9 heteroatoms. The first-order valence-corrected chi connectivity index (χ1v) is 14.3. The Morgan fingerprint density at radius 3 is 2.14 bits per heavy atom. The lowest BCUT2D eigenvalue weighted by molar-refractivity contribution is 0.125. The molecule has 0 amide bonds. The highest BCUT2D eigenvalue weighted by Gasteiger charge is 2.26. The lowest BCUT2D eigenvalue weighted by Crippen LogP contribution is -2.46. The number of hydrogen-bond acceptors (Lipinski definition) is 4. The van der Waals surface area contributed by atoms with Crippen molar-refractivity contribution >= 4 is 46.4 Å². The quantitative estimate of drug-likeness (QED) is 0.342. The van der Waals surface area contributed by atoms with E-state index in [1.807, 2.05) is 18.2 Å². The van der Waals surface area contributed by atoms with E-state index in [9.17, 15) is 8.42 Å². The van der Waals surface area contributed by atoms with Crippen LogP contribution in [0, 0.1) is 0 Å². The van der Waals surface area contributed by atoms with Gasteiger partial charge in [0.05, 0.1) is 5.75 Å². The Bertz CT molecular complexity index is 993. The molecular formula is C26H38Cl3N3O2S. The van der Waals surface area contributed by atoms with E-state index in [2.05, 4.69) is 44.9 Å². The third-order valence-electron chi connectivity index (χ3n) is 6.54. The smallest absolute Gasteiger partial charge is 0.211 e. The Morgan fingerprint density at radius 2 is 1.49 bits per heavy atom. The number of halogens is 3. The zero-order valence-corrected chi connectivity index (χ0v) is 23.4. The Labute approximate surface area is 228 Å². The van der Waals surface area contributed by atoms with Crippen molar-refractivity contribution in [2.24, 2.45) is 0 Å². The SMILES string of the molecule is Cl.Cl.O=S(=O)(CCCCCCN1CCN(Cc2ccc(-c3cccc(Cl)c3)cc2)CC1)NC1CC1. The summed E-state index contributed by atoms with van der Waals surface area (Å²) in [5.41, 5.74) is 3.70. The Hall–Kier alpha value is -0.860. The minimum atomic E-state index is -3.05. The number of rotatable bonds is 12. The van der Waals surface area contributed by atoms with Crippen molar-refractivity contribution in [3.63, 3.8) is 0 Å². The van der Waals surface area contributed by atoms with Crippen LogP contribution in [0.5, 0.6) is 0 Å². The molecule has 1 saturated heterocycles. The number of benzene rings is 2. The maximum absolute atomic E-state index is 11.9. The van der Waals surface area contributed by atoms with Crippen LogP contribution in [0.1, 0.15) is 44.1 Å². The van der Waals surface area contributed by atoms with Crippen LogP contribution in [0.3, 0.4) is 0 Å². The lowest BCUT2D eigenvalue weighted by atomic mass is 10.0. The van der Waals surface area contributed by atoms with Crippen molar-refractivity contribution < 1.29 is 8.42 Å². The van der Waals surface area contributed by atoms with Gasteiger partial charge in [-0.2, -0.15) is 0 Å². The van der Waals surface area contributed by atoms with E-state index in [1.54, 1.807) is 0 Å². The van der Waals surface area contributed by atoms with Gasteiger partial charge in [-0.3, -0.25) is 4.90 Å². The molecule has 0 spiro atoms. The summed E-state index contributed by atoms with van der Waals surface area (Å²) < 4.78 is 26.5. The number of unbranched alkanes of at least 4 members (excludes halogenated alkanes) is 3. The zero-order valence-electron chi connectivity index (χ0n) is 20.2. The van der Waals surface area contributed by atoms with Crippen LogP contribution in [0.15, 0.2) is 48.5 Å². The van der Waals surface area contributed by atoms with Gasteiger partial charge in [0.25, 0.3) is 0 Å². The molecule has 0 unspecified atom stereocenters. The van der Waals surface area contributed by atoms with Gasteiger partial charge in [-0.1, -0.05) is 60.8 Å². The molecule has 1 aliphatic heterocycles. The average molecular weight is 563 g/mol. The van der Waals surface area contributed by atoms with Crippen molar-refractivity contribution in [2.75, 3.05) is 38.5 Å². The molecule has 196 valence electrons. The second-order valence-electron chi connectivity index (χ2n) is 9.45. The van der Waals surface area contributed by atoms with Gasteiger partial charge in [-0.15, -0.1) is 24.8 Å². The largest absolute Gasteiger partial charge is 0.301 e. The molecule has 0 bridgehead atoms. The maximum Gasteiger partial charge on any atom is 0.211 e. The van der Waals surface area contributed by atoms with E-state index < -0.39 is 10.0 Å². The topological polar surface area (TPSA) is 52.7 Å². The number of piperazine rings is 1. The van der Waals surface area contributed by atoms with E-state index in [1.165, 1.54) is 11.1 Å². The van der Waals surface area contributed by atoms with Crippen LogP contribution >= 0.6 is 36.4 Å². The van der Waals surface area contributed by atoms with Gasteiger partial charge in [0, 0.05) is 43.8 Å². The van der Waals surface area contributed by atoms with Crippen LogP contribution in [-0.2, 0) is 16.6 Å². The molecule has 1 N–H and O–H groups in total. The molecule has 1 saturated carbocycles. The van der Waals surface area contributed by atoms with Crippen LogP contribution < -0.4 is 4.72 Å². The van der Waals surface area contributed by atoms with Crippen molar-refractivity contribution in [1.82, 2.24) is 14.5 Å². The fourth-order valence-electron chi connectivity index (χ4n) is 4.39. The minimum Gasteiger partial charge on any atom is -0.301 e. The zero-order chi connectivity index (χ0) is 23.1. The van der Waals surface area contributed by atoms with Crippen molar-refractivity contribution in [3.05, 3.63) is 59.1 Å². The Kier molecular flexibility index (Phi) is 12.8. The first kappa shape index (κ1) is 30.4. The van der Waals surface area contributed by atoms with E-state index >= 15 is 0 Å². The molecule has 5 nitrogen and oxygen atoms in total. The predicted octanol–water partition coefficient (Wildman–Crippen LogP) is 5.61. The van der Waals surface area contributed by atoms with Gasteiger partial charge in [-0.25, -0.2) is 13.1 Å². The summed E-state index contributed by atoms with van der Waals surface area (Å²) >= 11 is 6.12. The van der Waals surface area contributed by atoms with Gasteiger partial charge in [0.2, 0.25) is 10.0 Å². The molecular weight excluding hydrogens is 525 g/mol. The van der Waals surface area contributed by atoms with Gasteiger partial charge < -0.3 is 4.90 Å². The van der Waals surface area contributed by atoms with E-state index in [0.717, 1.165) is 88.4 Å². The monoisotopic (exact) mass is 561 g/mol. The van der Waals surface area contributed by atoms with Gasteiger partial charge >= 0.3 is 0 Å². The summed E-state index contributed by atoms with van der Waals surface area (Å²) in [7, 11) is -3.05. The van der Waals surface area contributed by atoms with Crippen LogP contribution in [0.4, 0.5) is 0 Å². The standard InChI is InChI=1S/C26H36ClN3O2S.2ClH/c27-25-7-5-6-24(20-25)23-10-8-22(9-11-23)21-30-17-15-29(16-18-30)14-3-1-2-4-19-33(31,32)28-26-12-13-26;;/h5-11,20,26,28H,1-4,12-19,21H2;2*1H. The number of sulfonamides is 1. The molecule has 4 rings (SSSR count). The molecule has 2 aromatic rings. The number of nitrogens with one attached hydrogen (secondary N) is 1. The van der Waals surface area contributed by atoms with E-state index in [4.69, 9.17) is 11.6 Å². The summed E-state index contributed by atoms with van der Waals surface area (Å²) in [6.45, 7) is 6.53. The Balaban J connectivity index is 0.00000216. The maximum atomic E-state index is 11.9. The lowest BCUT2D eigenvalue weighted by Gasteiger charge is -2.34. The van der Waals surface area contributed by atoms with Gasteiger partial charge in [0.15, 0.2) is 0 Å². The highest BCUT2D eigenvalue weighted by Crippen LogP contribution is 2.23. The molecule has 2 fully saturated rings. The summed E-state index contributed by atoms with van der Waals surface area (Å²) in [5, 5.41) is 0.767. The third kappa shape index (κ3) is 10.6. The first-order valence-electron chi connectivity index (χ1n) is 12.3. The van der Waals surface area contributed by atoms with Gasteiger partial charge in [-0.05, 0) is 61.1 Å². The summed E-state index contributed by atoms with van der Waals surface area (Å²) in [6.07, 6.45) is 6.04. The molecule has 1 heterocycles. The summed E-state index contributed by atoms with van der Waals surface area (Å²) in [4.78, 5) is 5.08. The van der Waals surface area contributed by atoms with Crippen molar-refractivity contribution in [3.8, 4) is 11.1 Å². The van der Waals surface area contributed by atoms with E-state index in [-0.39, 0.29) is 36.6 Å². The fraction of sp³-hybridized carbons (Fsp3) is 0.538. The van der Waals surface area contributed by atoms with Crippen LogP contribution in [0.25, 0.3) is 11.1 Å². The molecule has 0 radical (unpaired) electrons. The second-order valence-corrected chi connectivity index (χ2v) is 11.8. The minimum absolute atomic E-state index is 0. The van der Waals surface area contributed by atoms with Gasteiger partial charge in [0.1, 0.15) is 0 Å². The predicted molar refractivity (Wildman–Crippen MR) is 152 cm³/mol. The second kappa shape index (κ2) is 14.8. The first-order chi connectivity index (χ1) is 16.0. The Morgan fingerprint density at radius 1 is 0.829 bits per heavy atom. The number of nitrogens with zero attached hydrogens (tertiary/aromatic N) is 2. The molecule has 0 aromatic heterocycles. The van der Waals surface area contributed by atoms with E-state index in [0.29, 0.717) is 0 Å². The normalized spacial score (nSPS) is 16.9. The van der Waals surface area contributed by atoms with Crippen molar-refractivity contribution in [1.29, 1.82) is 0 Å². The van der Waals surface area contributed by atoms with Crippen LogP contribution in [-0.4, -0.2) is 62.7 Å². The third-order valence-corrected chi connectivity index (χ3v) is 8.30. The highest BCUT2D eigenvalue weighted by molar-refractivity contribution is 7.89. The average Bonchev–Trinajstić information content (AvgIpc) is 3.61. The number of hydrogen-bond donors (Lipinski definition) is 1. The molecule has 1 aliphatic carbocycles. The highest BCUT2D eigenvalue weighted by atomic mass is 35.5.